The molecule has 0 bridgehead atoms. The van der Waals surface area contributed by atoms with E-state index in [9.17, 15) is 0 Å². The summed E-state index contributed by atoms with van der Waals surface area (Å²) in [5, 5.41) is 3.92. The fourth-order valence-electron chi connectivity index (χ4n) is 3.86. The first-order valence-electron chi connectivity index (χ1n) is 8.86. The lowest BCUT2D eigenvalue weighted by molar-refractivity contribution is -0.0361. The van der Waals surface area contributed by atoms with Crippen LogP contribution >= 0.6 is 0 Å². The molecular weight excluding hydrogens is 260 g/mol. The predicted octanol–water partition coefficient (Wildman–Crippen LogP) is 3.43. The minimum atomic E-state index is -0.0198. The maximum Gasteiger partial charge on any atom is 0.0634 e. The lowest BCUT2D eigenvalue weighted by atomic mass is 9.81. The second kappa shape index (κ2) is 6.17. The van der Waals surface area contributed by atoms with Crippen molar-refractivity contribution in [3.63, 3.8) is 0 Å². The SMILES string of the molecule is CCC1(CC)CNC(C)(C2CC2)CN1CCC(C)(C)OC. The van der Waals surface area contributed by atoms with Gasteiger partial charge in [-0.3, -0.25) is 4.90 Å². The van der Waals surface area contributed by atoms with Crippen LogP contribution in [0.4, 0.5) is 0 Å². The zero-order valence-corrected chi connectivity index (χ0v) is 15.1. The Kier molecular flexibility index (Phi) is 5.07. The number of nitrogens with zero attached hydrogens (tertiary/aromatic N) is 1. The molecule has 124 valence electrons. The van der Waals surface area contributed by atoms with Crippen LogP contribution < -0.4 is 5.32 Å². The van der Waals surface area contributed by atoms with Crippen molar-refractivity contribution in [3.05, 3.63) is 0 Å². The summed E-state index contributed by atoms with van der Waals surface area (Å²) in [7, 11) is 1.83. The predicted molar refractivity (Wildman–Crippen MR) is 89.7 cm³/mol. The third-order valence-corrected chi connectivity index (χ3v) is 6.34. The number of rotatable bonds is 7. The van der Waals surface area contributed by atoms with Crippen LogP contribution in [0.5, 0.6) is 0 Å². The fraction of sp³-hybridized carbons (Fsp3) is 1.00. The van der Waals surface area contributed by atoms with Gasteiger partial charge < -0.3 is 10.1 Å². The van der Waals surface area contributed by atoms with E-state index >= 15 is 0 Å². The summed E-state index contributed by atoms with van der Waals surface area (Å²) in [5.74, 6) is 0.891. The van der Waals surface area contributed by atoms with Crippen LogP contribution in [-0.4, -0.2) is 48.3 Å². The summed E-state index contributed by atoms with van der Waals surface area (Å²) in [6.07, 6.45) is 6.37. The average molecular weight is 296 g/mol. The van der Waals surface area contributed by atoms with Crippen LogP contribution in [0.25, 0.3) is 0 Å². The molecule has 2 aliphatic rings. The molecule has 2 fully saturated rings. The van der Waals surface area contributed by atoms with Crippen molar-refractivity contribution >= 4 is 0 Å². The van der Waals surface area contributed by atoms with E-state index in [-0.39, 0.29) is 5.60 Å². The molecule has 0 aromatic rings. The van der Waals surface area contributed by atoms with Gasteiger partial charge in [0, 0.05) is 37.8 Å². The number of ether oxygens (including phenoxy) is 1. The molecule has 3 heteroatoms. The van der Waals surface area contributed by atoms with Crippen LogP contribution in [-0.2, 0) is 4.74 Å². The Morgan fingerprint density at radius 2 is 1.86 bits per heavy atom. The van der Waals surface area contributed by atoms with Crippen molar-refractivity contribution in [1.82, 2.24) is 10.2 Å². The van der Waals surface area contributed by atoms with Crippen molar-refractivity contribution in [2.75, 3.05) is 26.7 Å². The zero-order valence-electron chi connectivity index (χ0n) is 15.1. The summed E-state index contributed by atoms with van der Waals surface area (Å²) >= 11 is 0. The first-order valence-corrected chi connectivity index (χ1v) is 8.86. The molecule has 1 aliphatic heterocycles. The highest BCUT2D eigenvalue weighted by Gasteiger charge is 2.49. The molecule has 0 radical (unpaired) electrons. The van der Waals surface area contributed by atoms with Gasteiger partial charge in [-0.15, -0.1) is 0 Å². The lowest BCUT2D eigenvalue weighted by Gasteiger charge is -2.54. The second-order valence-corrected chi connectivity index (χ2v) is 8.11. The topological polar surface area (TPSA) is 24.5 Å². The van der Waals surface area contributed by atoms with E-state index in [1.807, 2.05) is 7.11 Å². The first kappa shape index (κ1) is 17.2. The minimum absolute atomic E-state index is 0.0198. The quantitative estimate of drug-likeness (QED) is 0.779. The second-order valence-electron chi connectivity index (χ2n) is 8.11. The molecule has 1 N–H and O–H groups in total. The molecule has 0 amide bonds. The summed E-state index contributed by atoms with van der Waals surface area (Å²) in [4.78, 5) is 2.78. The van der Waals surface area contributed by atoms with Crippen molar-refractivity contribution < 1.29 is 4.74 Å². The van der Waals surface area contributed by atoms with Gasteiger partial charge in [-0.05, 0) is 58.8 Å². The van der Waals surface area contributed by atoms with E-state index in [1.165, 1.54) is 32.2 Å². The Bertz CT molecular complexity index is 347. The smallest absolute Gasteiger partial charge is 0.0634 e. The van der Waals surface area contributed by atoms with Gasteiger partial charge in [-0.25, -0.2) is 0 Å². The summed E-state index contributed by atoms with van der Waals surface area (Å²) < 4.78 is 5.63. The lowest BCUT2D eigenvalue weighted by Crippen LogP contribution is -2.69. The minimum Gasteiger partial charge on any atom is -0.379 e. The van der Waals surface area contributed by atoms with E-state index in [0.717, 1.165) is 25.4 Å². The number of piperazine rings is 1. The average Bonchev–Trinajstić information content (AvgIpc) is 3.31. The Morgan fingerprint density at radius 3 is 2.33 bits per heavy atom. The van der Waals surface area contributed by atoms with E-state index in [1.54, 1.807) is 0 Å². The van der Waals surface area contributed by atoms with Crippen LogP contribution in [0, 0.1) is 5.92 Å². The molecule has 3 nitrogen and oxygen atoms in total. The van der Waals surface area contributed by atoms with Crippen LogP contribution in [0.1, 0.15) is 66.7 Å². The normalized spacial score (nSPS) is 30.6. The molecule has 1 saturated carbocycles. The highest BCUT2D eigenvalue weighted by molar-refractivity contribution is 5.08. The maximum atomic E-state index is 5.63. The third-order valence-electron chi connectivity index (χ3n) is 6.34. The summed E-state index contributed by atoms with van der Waals surface area (Å²) in [6.45, 7) is 15.0. The van der Waals surface area contributed by atoms with Crippen LogP contribution in [0.15, 0.2) is 0 Å². The molecular formula is C18H36N2O. The highest BCUT2D eigenvalue weighted by Crippen LogP contribution is 2.43. The Balaban J connectivity index is 2.09. The van der Waals surface area contributed by atoms with Crippen molar-refractivity contribution in [2.45, 2.75) is 83.4 Å². The molecule has 0 aromatic heterocycles. The first-order chi connectivity index (χ1) is 9.81. The number of hydrogen-bond donors (Lipinski definition) is 1. The van der Waals surface area contributed by atoms with Gasteiger partial charge >= 0.3 is 0 Å². The largest absolute Gasteiger partial charge is 0.379 e. The number of hydrogen-bond acceptors (Lipinski definition) is 3. The molecule has 1 aliphatic carbocycles. The van der Waals surface area contributed by atoms with E-state index in [0.29, 0.717) is 11.1 Å². The number of methoxy groups -OCH3 is 1. The Morgan fingerprint density at radius 1 is 1.24 bits per heavy atom. The van der Waals surface area contributed by atoms with Gasteiger partial charge in [0.1, 0.15) is 0 Å². The zero-order chi connectivity index (χ0) is 15.7. The molecule has 0 spiro atoms. The van der Waals surface area contributed by atoms with E-state index < -0.39 is 0 Å². The van der Waals surface area contributed by atoms with E-state index in [2.05, 4.69) is 44.8 Å². The van der Waals surface area contributed by atoms with E-state index in [4.69, 9.17) is 4.74 Å². The molecule has 2 rings (SSSR count). The molecule has 1 atom stereocenters. The van der Waals surface area contributed by atoms with Gasteiger partial charge in [-0.1, -0.05) is 13.8 Å². The van der Waals surface area contributed by atoms with Gasteiger partial charge in [0.25, 0.3) is 0 Å². The van der Waals surface area contributed by atoms with Crippen LogP contribution in [0.3, 0.4) is 0 Å². The maximum absolute atomic E-state index is 5.63. The van der Waals surface area contributed by atoms with Gasteiger partial charge in [-0.2, -0.15) is 0 Å². The molecule has 0 aromatic carbocycles. The molecule has 21 heavy (non-hydrogen) atoms. The van der Waals surface area contributed by atoms with Crippen molar-refractivity contribution in [3.8, 4) is 0 Å². The molecule has 1 unspecified atom stereocenters. The summed E-state index contributed by atoms with van der Waals surface area (Å²) in [5.41, 5.74) is 0.636. The Labute approximate surface area is 131 Å². The molecule has 1 heterocycles. The van der Waals surface area contributed by atoms with Crippen LogP contribution in [0.2, 0.25) is 0 Å². The summed E-state index contributed by atoms with van der Waals surface area (Å²) in [6, 6.07) is 0. The van der Waals surface area contributed by atoms with Gasteiger partial charge in [0.15, 0.2) is 0 Å². The number of nitrogens with one attached hydrogen (secondary N) is 1. The highest BCUT2D eigenvalue weighted by atomic mass is 16.5. The third kappa shape index (κ3) is 3.62. The van der Waals surface area contributed by atoms with Crippen molar-refractivity contribution in [2.24, 2.45) is 5.92 Å². The fourth-order valence-corrected chi connectivity index (χ4v) is 3.86. The van der Waals surface area contributed by atoms with Crippen molar-refractivity contribution in [1.29, 1.82) is 0 Å². The van der Waals surface area contributed by atoms with Gasteiger partial charge in [0.2, 0.25) is 0 Å². The Hall–Kier alpha value is -0.120. The standard InChI is InChI=1S/C18H36N2O/c1-7-18(8-2)13-19-17(5,15-9-10-15)14-20(18)12-11-16(3,4)21-6/h15,19H,7-14H2,1-6H3. The monoisotopic (exact) mass is 296 g/mol. The molecule has 1 saturated heterocycles. The van der Waals surface area contributed by atoms with Gasteiger partial charge in [0.05, 0.1) is 5.60 Å².